The number of cyclic esters (lactones) is 1. The van der Waals surface area contributed by atoms with Crippen molar-refractivity contribution < 1.29 is 13.9 Å². The van der Waals surface area contributed by atoms with Crippen molar-refractivity contribution in [2.24, 2.45) is 0 Å². The Morgan fingerprint density at radius 2 is 2.00 bits per heavy atom. The lowest BCUT2D eigenvalue weighted by Gasteiger charge is -2.17. The normalized spacial score (nSPS) is 18.4. The minimum absolute atomic E-state index is 0.258. The van der Waals surface area contributed by atoms with Crippen LogP contribution in [0.3, 0.4) is 0 Å². The Morgan fingerprint density at radius 3 is 2.82 bits per heavy atom. The van der Waals surface area contributed by atoms with Gasteiger partial charge < -0.3 is 20.3 Å². The highest BCUT2D eigenvalue weighted by Gasteiger charge is 2.33. The third kappa shape index (κ3) is 4.80. The summed E-state index contributed by atoms with van der Waals surface area (Å²) in [5.74, 6) is -0.508. The van der Waals surface area contributed by atoms with Gasteiger partial charge in [-0.1, -0.05) is 17.3 Å². The maximum absolute atomic E-state index is 15.0. The fourth-order valence-corrected chi connectivity index (χ4v) is 4.51. The van der Waals surface area contributed by atoms with Crippen LogP contribution in [0.25, 0.3) is 16.7 Å². The maximum atomic E-state index is 15.0. The first kappa shape index (κ1) is 22.5. The van der Waals surface area contributed by atoms with E-state index in [9.17, 15) is 9.18 Å². The zero-order valence-corrected chi connectivity index (χ0v) is 19.4. The standard InChI is InChI=1S/C23H26FN7O2S/c24-18-13-16(7-8-20(18)31-21-6-2-1-5-19(21)27-28-31)30-15-17(33-23(30)32)14-26-22(34)25-9-12-29-10-3-4-11-29/h1-2,5-8,13,17H,3-4,9-12,14-15H2,(H2,25,26,34)/t17-/m1/s1. The molecule has 2 saturated heterocycles. The zero-order valence-electron chi connectivity index (χ0n) is 18.6. The molecule has 5 rings (SSSR count). The predicted molar refractivity (Wildman–Crippen MR) is 131 cm³/mol. The number of halogens is 1. The molecular formula is C23H26FN7O2S. The van der Waals surface area contributed by atoms with Crippen LogP contribution in [0.2, 0.25) is 0 Å². The molecule has 0 spiro atoms. The van der Waals surface area contributed by atoms with Crippen LogP contribution < -0.4 is 15.5 Å². The largest absolute Gasteiger partial charge is 0.442 e. The third-order valence-electron chi connectivity index (χ3n) is 6.10. The van der Waals surface area contributed by atoms with Crippen molar-refractivity contribution in [3.63, 3.8) is 0 Å². The van der Waals surface area contributed by atoms with Crippen molar-refractivity contribution in [2.45, 2.75) is 18.9 Å². The Morgan fingerprint density at radius 1 is 1.18 bits per heavy atom. The minimum atomic E-state index is -0.516. The molecule has 1 amide bonds. The molecule has 2 aliphatic rings. The van der Waals surface area contributed by atoms with Crippen LogP contribution in [-0.2, 0) is 4.74 Å². The average Bonchev–Trinajstić information content (AvgIpc) is 3.58. The van der Waals surface area contributed by atoms with E-state index in [4.69, 9.17) is 17.0 Å². The van der Waals surface area contributed by atoms with E-state index in [0.717, 1.165) is 26.2 Å². The van der Waals surface area contributed by atoms with Gasteiger partial charge in [0.1, 0.15) is 17.3 Å². The van der Waals surface area contributed by atoms with E-state index < -0.39 is 18.0 Å². The summed E-state index contributed by atoms with van der Waals surface area (Å²) in [5, 5.41) is 14.9. The second-order valence-electron chi connectivity index (χ2n) is 8.43. The second-order valence-corrected chi connectivity index (χ2v) is 8.84. The number of fused-ring (bicyclic) bond motifs is 1. The van der Waals surface area contributed by atoms with Crippen molar-refractivity contribution in [3.8, 4) is 5.69 Å². The zero-order chi connectivity index (χ0) is 23.5. The van der Waals surface area contributed by atoms with E-state index >= 15 is 0 Å². The van der Waals surface area contributed by atoms with Gasteiger partial charge in [0.2, 0.25) is 0 Å². The first-order chi connectivity index (χ1) is 16.6. The molecule has 0 radical (unpaired) electrons. The number of hydrogen-bond acceptors (Lipinski definition) is 6. The number of carbonyl (C=O) groups is 1. The van der Waals surface area contributed by atoms with Crippen LogP contribution in [0.5, 0.6) is 0 Å². The smallest absolute Gasteiger partial charge is 0.414 e. The number of likely N-dealkylation sites (tertiary alicyclic amines) is 1. The maximum Gasteiger partial charge on any atom is 0.414 e. The fourth-order valence-electron chi connectivity index (χ4n) is 4.32. The van der Waals surface area contributed by atoms with Crippen molar-refractivity contribution in [2.75, 3.05) is 44.2 Å². The Hall–Kier alpha value is -3.31. The van der Waals surface area contributed by atoms with Gasteiger partial charge in [-0.25, -0.2) is 13.9 Å². The monoisotopic (exact) mass is 483 g/mol. The number of ether oxygens (including phenoxy) is 1. The van der Waals surface area contributed by atoms with E-state index in [0.29, 0.717) is 34.9 Å². The molecule has 0 aliphatic carbocycles. The number of hydrogen-bond donors (Lipinski definition) is 2. The first-order valence-corrected chi connectivity index (χ1v) is 11.8. The molecule has 2 aromatic carbocycles. The Bertz CT molecular complexity index is 1200. The summed E-state index contributed by atoms with van der Waals surface area (Å²) in [6, 6.07) is 11.9. The summed E-state index contributed by atoms with van der Waals surface area (Å²) in [4.78, 5) is 16.2. The Labute approximate surface area is 201 Å². The number of anilines is 1. The summed E-state index contributed by atoms with van der Waals surface area (Å²) in [6.07, 6.45) is 1.61. The summed E-state index contributed by atoms with van der Waals surface area (Å²) in [5.41, 5.74) is 2.05. The molecule has 178 valence electrons. The van der Waals surface area contributed by atoms with Crippen molar-refractivity contribution in [3.05, 3.63) is 48.3 Å². The molecule has 9 nitrogen and oxygen atoms in total. The van der Waals surface area contributed by atoms with Gasteiger partial charge >= 0.3 is 6.09 Å². The molecular weight excluding hydrogens is 457 g/mol. The van der Waals surface area contributed by atoms with Gasteiger partial charge in [0.25, 0.3) is 0 Å². The second kappa shape index (κ2) is 9.90. The summed E-state index contributed by atoms with van der Waals surface area (Å²) in [6.45, 7) is 4.70. The number of amides is 1. The third-order valence-corrected chi connectivity index (χ3v) is 6.39. The highest BCUT2D eigenvalue weighted by Crippen LogP contribution is 2.26. The lowest BCUT2D eigenvalue weighted by atomic mass is 10.2. The van der Waals surface area contributed by atoms with Crippen molar-refractivity contribution in [1.82, 2.24) is 30.5 Å². The predicted octanol–water partition coefficient (Wildman–Crippen LogP) is 2.44. The quantitative estimate of drug-likeness (QED) is 0.496. The molecule has 34 heavy (non-hydrogen) atoms. The lowest BCUT2D eigenvalue weighted by molar-refractivity contribution is 0.143. The minimum Gasteiger partial charge on any atom is -0.442 e. The first-order valence-electron chi connectivity index (χ1n) is 11.4. The molecule has 2 fully saturated rings. The van der Waals surface area contributed by atoms with E-state index in [-0.39, 0.29) is 5.69 Å². The fraction of sp³-hybridized carbons (Fsp3) is 0.391. The number of benzene rings is 2. The average molecular weight is 484 g/mol. The van der Waals surface area contributed by atoms with Crippen LogP contribution in [-0.4, -0.2) is 76.5 Å². The van der Waals surface area contributed by atoms with Crippen LogP contribution in [0.1, 0.15) is 12.8 Å². The number of para-hydroxylation sites is 1. The molecule has 2 N–H and O–H groups in total. The van der Waals surface area contributed by atoms with E-state index in [2.05, 4.69) is 25.8 Å². The van der Waals surface area contributed by atoms with Gasteiger partial charge in [0.15, 0.2) is 10.9 Å². The Balaban J connectivity index is 1.16. The molecule has 1 aromatic heterocycles. The van der Waals surface area contributed by atoms with Crippen LogP contribution in [0.15, 0.2) is 42.5 Å². The van der Waals surface area contributed by atoms with Crippen molar-refractivity contribution >= 4 is 40.1 Å². The number of aromatic nitrogens is 3. The van der Waals surface area contributed by atoms with Crippen LogP contribution in [0.4, 0.5) is 14.9 Å². The molecule has 2 aliphatic heterocycles. The number of carbonyl (C=O) groups excluding carboxylic acids is 1. The summed E-state index contributed by atoms with van der Waals surface area (Å²) >= 11 is 5.33. The molecule has 0 saturated carbocycles. The Kier molecular flexibility index (Phi) is 6.54. The number of nitrogens with one attached hydrogen (secondary N) is 2. The SMILES string of the molecule is O=C1O[C@H](CNC(=S)NCCN2CCCC2)CN1c1ccc(-n2nnc3ccccc32)c(F)c1. The summed E-state index contributed by atoms with van der Waals surface area (Å²) in [7, 11) is 0. The highest BCUT2D eigenvalue weighted by molar-refractivity contribution is 7.80. The van der Waals surface area contributed by atoms with Crippen molar-refractivity contribution in [1.29, 1.82) is 0 Å². The highest BCUT2D eigenvalue weighted by atomic mass is 32.1. The van der Waals surface area contributed by atoms with Gasteiger partial charge in [0, 0.05) is 13.1 Å². The molecule has 0 unspecified atom stereocenters. The molecule has 3 heterocycles. The van der Waals surface area contributed by atoms with Gasteiger partial charge in [-0.05, 0) is 68.5 Å². The molecule has 0 bridgehead atoms. The molecule has 1 atom stereocenters. The van der Waals surface area contributed by atoms with E-state index in [1.807, 2.05) is 24.3 Å². The topological polar surface area (TPSA) is 87.5 Å². The lowest BCUT2D eigenvalue weighted by Crippen LogP contribution is -2.43. The van der Waals surface area contributed by atoms with Crippen LogP contribution in [0, 0.1) is 5.82 Å². The van der Waals surface area contributed by atoms with Crippen LogP contribution >= 0.6 is 12.2 Å². The molecule has 11 heteroatoms. The van der Waals surface area contributed by atoms with E-state index in [1.165, 1.54) is 28.5 Å². The van der Waals surface area contributed by atoms with Gasteiger partial charge in [-0.3, -0.25) is 4.90 Å². The summed E-state index contributed by atoms with van der Waals surface area (Å²) < 4.78 is 21.9. The number of rotatable bonds is 7. The van der Waals surface area contributed by atoms with E-state index in [1.54, 1.807) is 12.1 Å². The van der Waals surface area contributed by atoms with Gasteiger partial charge in [-0.15, -0.1) is 5.10 Å². The number of thiocarbonyl (C=S) groups is 1. The van der Waals surface area contributed by atoms with Gasteiger partial charge in [0.05, 0.1) is 24.3 Å². The molecule has 3 aromatic rings. The van der Waals surface area contributed by atoms with Gasteiger partial charge in [-0.2, -0.15) is 0 Å². The number of nitrogens with zero attached hydrogens (tertiary/aromatic N) is 5.